The number of anilines is 1. The highest BCUT2D eigenvalue weighted by Crippen LogP contribution is 2.13. The van der Waals surface area contributed by atoms with Gasteiger partial charge in [-0.15, -0.1) is 0 Å². The smallest absolute Gasteiger partial charge is 0.139 e. The third-order valence-electron chi connectivity index (χ3n) is 1.12. The summed E-state index contributed by atoms with van der Waals surface area (Å²) in [5, 5.41) is 0. The van der Waals surface area contributed by atoms with E-state index in [1.807, 2.05) is 0 Å². The Kier molecular flexibility index (Phi) is 1.80. The molecule has 0 fully saturated rings. The second kappa shape index (κ2) is 2.60. The lowest BCUT2D eigenvalue weighted by atomic mass is 10.3. The fraction of sp³-hybridized carbons (Fsp3) is 0.333. The van der Waals surface area contributed by atoms with Gasteiger partial charge in [-0.2, -0.15) is 0 Å². The Hall–Kier alpha value is -1.19. The highest BCUT2D eigenvalue weighted by Gasteiger charge is 2.03. The van der Waals surface area contributed by atoms with Gasteiger partial charge in [-0.05, 0) is 6.92 Å². The molecule has 0 saturated heterocycles. The zero-order valence-electron chi connectivity index (χ0n) is 5.58. The van der Waals surface area contributed by atoms with E-state index in [1.54, 1.807) is 0 Å². The molecule has 1 heterocycles. The normalized spacial score (nSPS) is 13.0. The van der Waals surface area contributed by atoms with E-state index in [4.69, 9.17) is 5.73 Å². The Bertz CT molecular complexity index is 224. The predicted molar refractivity (Wildman–Crippen MR) is 36.0 cm³/mol. The maximum absolute atomic E-state index is 12.5. The van der Waals surface area contributed by atoms with Gasteiger partial charge in [-0.25, -0.2) is 14.4 Å². The lowest BCUT2D eigenvalue weighted by molar-refractivity contribution is 0.365. The first kappa shape index (κ1) is 6.92. The number of alkyl halides is 1. The summed E-state index contributed by atoms with van der Waals surface area (Å²) in [4.78, 5) is 7.30. The van der Waals surface area contributed by atoms with E-state index in [1.165, 1.54) is 19.3 Å². The molecular weight excluding hydrogens is 133 g/mol. The molecule has 3 nitrogen and oxygen atoms in total. The van der Waals surface area contributed by atoms with Crippen molar-refractivity contribution < 1.29 is 4.39 Å². The number of nitrogen functional groups attached to an aromatic ring is 1. The number of hydrogen-bond acceptors (Lipinski definition) is 3. The van der Waals surface area contributed by atoms with Crippen molar-refractivity contribution >= 4 is 5.82 Å². The Balaban J connectivity index is 2.96. The second-order valence-corrected chi connectivity index (χ2v) is 1.98. The van der Waals surface area contributed by atoms with E-state index < -0.39 is 6.17 Å². The molecule has 0 amide bonds. The molecule has 0 aliphatic carbocycles. The van der Waals surface area contributed by atoms with Crippen LogP contribution in [-0.4, -0.2) is 9.97 Å². The predicted octanol–water partition coefficient (Wildman–Crippen LogP) is 1.09. The third kappa shape index (κ3) is 1.40. The molecule has 0 bridgehead atoms. The van der Waals surface area contributed by atoms with Crippen LogP contribution in [-0.2, 0) is 0 Å². The lowest BCUT2D eigenvalue weighted by Gasteiger charge is -1.99. The monoisotopic (exact) mass is 141 g/mol. The number of rotatable bonds is 1. The van der Waals surface area contributed by atoms with Crippen molar-refractivity contribution in [3.8, 4) is 0 Å². The number of hydrogen-bond donors (Lipinski definition) is 1. The minimum Gasteiger partial charge on any atom is -0.384 e. The molecule has 54 valence electrons. The molecule has 1 rings (SSSR count). The van der Waals surface area contributed by atoms with E-state index in [0.29, 0.717) is 11.5 Å². The van der Waals surface area contributed by atoms with Crippen LogP contribution in [0.5, 0.6) is 0 Å². The molecule has 0 aliphatic heterocycles. The minimum absolute atomic E-state index is 0.300. The van der Waals surface area contributed by atoms with Crippen LogP contribution in [0.1, 0.15) is 18.8 Å². The number of nitrogens with two attached hydrogens (primary N) is 1. The Labute approximate surface area is 58.1 Å². The fourth-order valence-electron chi connectivity index (χ4n) is 0.606. The van der Waals surface area contributed by atoms with Crippen LogP contribution in [0.3, 0.4) is 0 Å². The first-order valence-corrected chi connectivity index (χ1v) is 2.91. The molecule has 2 N–H and O–H groups in total. The standard InChI is InChI=1S/C6H8FN3/c1-4(7)5-2-6(8)10-3-9-5/h2-4H,1H3,(H2,8,9,10). The molecule has 1 atom stereocenters. The van der Waals surface area contributed by atoms with Crippen LogP contribution in [0.2, 0.25) is 0 Å². The van der Waals surface area contributed by atoms with Gasteiger partial charge in [0, 0.05) is 6.07 Å². The minimum atomic E-state index is -1.08. The molecule has 0 aliphatic rings. The van der Waals surface area contributed by atoms with Crippen LogP contribution in [0.15, 0.2) is 12.4 Å². The van der Waals surface area contributed by atoms with E-state index >= 15 is 0 Å². The summed E-state index contributed by atoms with van der Waals surface area (Å²) in [5.41, 5.74) is 5.60. The van der Waals surface area contributed by atoms with Gasteiger partial charge in [0.2, 0.25) is 0 Å². The fourth-order valence-corrected chi connectivity index (χ4v) is 0.606. The van der Waals surface area contributed by atoms with Gasteiger partial charge in [-0.1, -0.05) is 0 Å². The van der Waals surface area contributed by atoms with E-state index in [9.17, 15) is 4.39 Å². The maximum Gasteiger partial charge on any atom is 0.139 e. The number of nitrogens with zero attached hydrogens (tertiary/aromatic N) is 2. The van der Waals surface area contributed by atoms with Gasteiger partial charge in [0.15, 0.2) is 0 Å². The summed E-state index contributed by atoms with van der Waals surface area (Å²) in [6, 6.07) is 1.42. The van der Waals surface area contributed by atoms with Gasteiger partial charge in [0.1, 0.15) is 18.3 Å². The first-order valence-electron chi connectivity index (χ1n) is 2.91. The van der Waals surface area contributed by atoms with Crippen molar-refractivity contribution in [3.63, 3.8) is 0 Å². The third-order valence-corrected chi connectivity index (χ3v) is 1.12. The zero-order chi connectivity index (χ0) is 7.56. The van der Waals surface area contributed by atoms with Crippen LogP contribution < -0.4 is 5.73 Å². The summed E-state index contributed by atoms with van der Waals surface area (Å²) in [5.74, 6) is 0.300. The van der Waals surface area contributed by atoms with Crippen molar-refractivity contribution in [1.82, 2.24) is 9.97 Å². The average molecular weight is 141 g/mol. The molecule has 0 radical (unpaired) electrons. The van der Waals surface area contributed by atoms with Crippen molar-refractivity contribution in [3.05, 3.63) is 18.1 Å². The molecule has 10 heavy (non-hydrogen) atoms. The van der Waals surface area contributed by atoms with Crippen LogP contribution in [0.25, 0.3) is 0 Å². The van der Waals surface area contributed by atoms with Crippen LogP contribution in [0.4, 0.5) is 10.2 Å². The van der Waals surface area contributed by atoms with Crippen LogP contribution in [0, 0.1) is 0 Å². The first-order chi connectivity index (χ1) is 4.70. The van der Waals surface area contributed by atoms with Gasteiger partial charge < -0.3 is 5.73 Å². The number of aromatic nitrogens is 2. The molecule has 0 spiro atoms. The largest absolute Gasteiger partial charge is 0.384 e. The van der Waals surface area contributed by atoms with Crippen molar-refractivity contribution in [2.45, 2.75) is 13.1 Å². The molecular formula is C6H8FN3. The molecule has 0 aromatic carbocycles. The zero-order valence-corrected chi connectivity index (χ0v) is 5.58. The summed E-state index contributed by atoms with van der Waals surface area (Å²) < 4.78 is 12.5. The molecule has 4 heteroatoms. The summed E-state index contributed by atoms with van der Waals surface area (Å²) in [6.07, 6.45) is 0.172. The van der Waals surface area contributed by atoms with Gasteiger partial charge in [0.25, 0.3) is 0 Å². The van der Waals surface area contributed by atoms with E-state index in [0.717, 1.165) is 0 Å². The van der Waals surface area contributed by atoms with Gasteiger partial charge >= 0.3 is 0 Å². The SMILES string of the molecule is CC(F)c1cc(N)ncn1. The summed E-state index contributed by atoms with van der Waals surface area (Å²) in [6.45, 7) is 1.40. The topological polar surface area (TPSA) is 51.8 Å². The van der Waals surface area contributed by atoms with E-state index in [-0.39, 0.29) is 0 Å². The highest BCUT2D eigenvalue weighted by molar-refractivity contribution is 5.28. The Morgan fingerprint density at radius 3 is 2.70 bits per heavy atom. The Morgan fingerprint density at radius 1 is 1.60 bits per heavy atom. The molecule has 0 saturated carbocycles. The number of halogens is 1. The lowest BCUT2D eigenvalue weighted by Crippen LogP contribution is -1.96. The van der Waals surface area contributed by atoms with Crippen LogP contribution >= 0.6 is 0 Å². The quantitative estimate of drug-likeness (QED) is 0.636. The molecule has 1 aromatic heterocycles. The van der Waals surface area contributed by atoms with Gasteiger partial charge in [0.05, 0.1) is 5.69 Å². The van der Waals surface area contributed by atoms with Crippen molar-refractivity contribution in [1.29, 1.82) is 0 Å². The summed E-state index contributed by atoms with van der Waals surface area (Å²) >= 11 is 0. The highest BCUT2D eigenvalue weighted by atomic mass is 19.1. The second-order valence-electron chi connectivity index (χ2n) is 1.98. The summed E-state index contributed by atoms with van der Waals surface area (Å²) in [7, 11) is 0. The van der Waals surface area contributed by atoms with Crippen molar-refractivity contribution in [2.75, 3.05) is 5.73 Å². The van der Waals surface area contributed by atoms with Crippen molar-refractivity contribution in [2.24, 2.45) is 0 Å². The molecule has 1 unspecified atom stereocenters. The Morgan fingerprint density at radius 2 is 2.30 bits per heavy atom. The van der Waals surface area contributed by atoms with Gasteiger partial charge in [-0.3, -0.25) is 0 Å². The maximum atomic E-state index is 12.5. The average Bonchev–Trinajstić information content (AvgIpc) is 1.88. The van der Waals surface area contributed by atoms with E-state index in [2.05, 4.69) is 9.97 Å². The molecule has 1 aromatic rings.